The Labute approximate surface area is 102 Å². The largest absolute Gasteiger partial charge is 0.399 e. The number of hydrogen-bond acceptors (Lipinski definition) is 3. The number of rotatable bonds is 3. The molecule has 3 N–H and O–H groups in total. The standard InChI is InChI=1S/C14H17N3/c1-10-5-6-16-8-12(10)9-17-14-7-13(15)4-3-11(14)2/h3-8,17H,9,15H2,1-2H3. The molecule has 0 spiro atoms. The van der Waals surface area contributed by atoms with E-state index < -0.39 is 0 Å². The summed E-state index contributed by atoms with van der Waals surface area (Å²) >= 11 is 0. The predicted molar refractivity (Wildman–Crippen MR) is 71.9 cm³/mol. The van der Waals surface area contributed by atoms with Crippen LogP contribution in [0.25, 0.3) is 0 Å². The fourth-order valence-electron chi connectivity index (χ4n) is 1.70. The summed E-state index contributed by atoms with van der Waals surface area (Å²) in [5.41, 5.74) is 11.3. The molecule has 1 heterocycles. The number of nitrogens with zero attached hydrogens (tertiary/aromatic N) is 1. The van der Waals surface area contributed by atoms with Gasteiger partial charge in [-0.1, -0.05) is 6.07 Å². The zero-order valence-corrected chi connectivity index (χ0v) is 10.2. The lowest BCUT2D eigenvalue weighted by molar-refractivity contribution is 1.08. The molecular weight excluding hydrogens is 210 g/mol. The van der Waals surface area contributed by atoms with Crippen LogP contribution in [0.1, 0.15) is 16.7 Å². The highest BCUT2D eigenvalue weighted by Crippen LogP contribution is 2.19. The minimum Gasteiger partial charge on any atom is -0.399 e. The molecule has 0 amide bonds. The molecular formula is C14H17N3. The topological polar surface area (TPSA) is 50.9 Å². The van der Waals surface area contributed by atoms with Crippen molar-refractivity contribution in [2.45, 2.75) is 20.4 Å². The van der Waals surface area contributed by atoms with Gasteiger partial charge in [-0.3, -0.25) is 4.98 Å². The second kappa shape index (κ2) is 4.87. The third-order valence-corrected chi connectivity index (χ3v) is 2.88. The Bertz CT molecular complexity index is 521. The van der Waals surface area contributed by atoms with E-state index in [1.165, 1.54) is 16.7 Å². The van der Waals surface area contributed by atoms with Crippen molar-refractivity contribution < 1.29 is 0 Å². The van der Waals surface area contributed by atoms with E-state index in [1.807, 2.05) is 36.7 Å². The SMILES string of the molecule is Cc1ccncc1CNc1cc(N)ccc1C. The average Bonchev–Trinajstić information content (AvgIpc) is 2.32. The van der Waals surface area contributed by atoms with Crippen molar-refractivity contribution >= 4 is 11.4 Å². The van der Waals surface area contributed by atoms with Gasteiger partial charge in [0.1, 0.15) is 0 Å². The van der Waals surface area contributed by atoms with Gasteiger partial charge in [0.25, 0.3) is 0 Å². The Morgan fingerprint density at radius 3 is 2.76 bits per heavy atom. The van der Waals surface area contributed by atoms with E-state index in [9.17, 15) is 0 Å². The molecule has 88 valence electrons. The predicted octanol–water partition coefficient (Wildman–Crippen LogP) is 2.89. The Morgan fingerprint density at radius 2 is 2.00 bits per heavy atom. The van der Waals surface area contributed by atoms with Crippen molar-refractivity contribution in [3.05, 3.63) is 53.3 Å². The molecule has 0 atom stereocenters. The summed E-state index contributed by atoms with van der Waals surface area (Å²) in [6, 6.07) is 7.91. The van der Waals surface area contributed by atoms with Gasteiger partial charge in [0.05, 0.1) is 0 Å². The zero-order valence-electron chi connectivity index (χ0n) is 10.2. The second-order valence-corrected chi connectivity index (χ2v) is 4.23. The van der Waals surface area contributed by atoms with E-state index >= 15 is 0 Å². The van der Waals surface area contributed by atoms with Crippen molar-refractivity contribution in [1.82, 2.24) is 4.98 Å². The van der Waals surface area contributed by atoms with E-state index in [1.54, 1.807) is 0 Å². The number of nitrogen functional groups attached to an aromatic ring is 1. The highest BCUT2D eigenvalue weighted by molar-refractivity contribution is 5.59. The van der Waals surface area contributed by atoms with Crippen LogP contribution in [0.2, 0.25) is 0 Å². The summed E-state index contributed by atoms with van der Waals surface area (Å²) in [6.07, 6.45) is 3.70. The number of anilines is 2. The van der Waals surface area contributed by atoms with Crippen LogP contribution in [0.3, 0.4) is 0 Å². The fourth-order valence-corrected chi connectivity index (χ4v) is 1.70. The molecule has 3 heteroatoms. The van der Waals surface area contributed by atoms with Crippen LogP contribution in [0.5, 0.6) is 0 Å². The van der Waals surface area contributed by atoms with Gasteiger partial charge in [0, 0.05) is 30.3 Å². The lowest BCUT2D eigenvalue weighted by Crippen LogP contribution is -2.03. The maximum absolute atomic E-state index is 5.77. The van der Waals surface area contributed by atoms with Crippen molar-refractivity contribution in [2.75, 3.05) is 11.1 Å². The normalized spacial score (nSPS) is 10.2. The molecule has 0 fully saturated rings. The molecule has 0 aliphatic heterocycles. The Kier molecular flexibility index (Phi) is 3.28. The zero-order chi connectivity index (χ0) is 12.3. The first-order chi connectivity index (χ1) is 8.16. The molecule has 0 aliphatic rings. The van der Waals surface area contributed by atoms with Crippen LogP contribution in [0.15, 0.2) is 36.7 Å². The van der Waals surface area contributed by atoms with Gasteiger partial charge in [0.15, 0.2) is 0 Å². The highest BCUT2D eigenvalue weighted by Gasteiger charge is 2.01. The maximum Gasteiger partial charge on any atom is 0.0418 e. The van der Waals surface area contributed by atoms with Crippen molar-refractivity contribution in [3.8, 4) is 0 Å². The van der Waals surface area contributed by atoms with Crippen LogP contribution in [-0.4, -0.2) is 4.98 Å². The molecule has 0 bridgehead atoms. The number of aromatic nitrogens is 1. The Hall–Kier alpha value is -2.03. The quantitative estimate of drug-likeness (QED) is 0.793. The summed E-state index contributed by atoms with van der Waals surface area (Å²) in [5, 5.41) is 3.39. The first-order valence-corrected chi connectivity index (χ1v) is 5.66. The number of benzene rings is 1. The minimum atomic E-state index is 0.768. The Balaban J connectivity index is 2.12. The summed E-state index contributed by atoms with van der Waals surface area (Å²) < 4.78 is 0. The molecule has 1 aromatic carbocycles. The lowest BCUT2D eigenvalue weighted by atomic mass is 10.1. The summed E-state index contributed by atoms with van der Waals surface area (Å²) in [6.45, 7) is 4.92. The molecule has 0 saturated heterocycles. The number of aryl methyl sites for hydroxylation is 2. The van der Waals surface area contributed by atoms with E-state index in [-0.39, 0.29) is 0 Å². The summed E-state index contributed by atoms with van der Waals surface area (Å²) in [4.78, 5) is 4.13. The van der Waals surface area contributed by atoms with Crippen molar-refractivity contribution in [3.63, 3.8) is 0 Å². The molecule has 2 aromatic rings. The summed E-state index contributed by atoms with van der Waals surface area (Å²) in [5.74, 6) is 0. The van der Waals surface area contributed by atoms with Crippen LogP contribution >= 0.6 is 0 Å². The van der Waals surface area contributed by atoms with Gasteiger partial charge in [0.2, 0.25) is 0 Å². The Morgan fingerprint density at radius 1 is 1.18 bits per heavy atom. The lowest BCUT2D eigenvalue weighted by Gasteiger charge is -2.11. The molecule has 0 unspecified atom stereocenters. The molecule has 1 aromatic heterocycles. The maximum atomic E-state index is 5.77. The number of hydrogen-bond donors (Lipinski definition) is 2. The minimum absolute atomic E-state index is 0.768. The third-order valence-electron chi connectivity index (χ3n) is 2.88. The van der Waals surface area contributed by atoms with Gasteiger partial charge in [-0.2, -0.15) is 0 Å². The van der Waals surface area contributed by atoms with Gasteiger partial charge in [-0.15, -0.1) is 0 Å². The van der Waals surface area contributed by atoms with E-state index in [2.05, 4.69) is 24.1 Å². The average molecular weight is 227 g/mol. The van der Waals surface area contributed by atoms with Crippen molar-refractivity contribution in [1.29, 1.82) is 0 Å². The first-order valence-electron chi connectivity index (χ1n) is 5.66. The van der Waals surface area contributed by atoms with Gasteiger partial charge in [-0.05, 0) is 48.7 Å². The first kappa shape index (κ1) is 11.5. The number of nitrogens with two attached hydrogens (primary N) is 1. The van der Waals surface area contributed by atoms with Crippen LogP contribution in [-0.2, 0) is 6.54 Å². The number of nitrogens with one attached hydrogen (secondary N) is 1. The van der Waals surface area contributed by atoms with Crippen LogP contribution < -0.4 is 11.1 Å². The molecule has 0 radical (unpaired) electrons. The van der Waals surface area contributed by atoms with Crippen LogP contribution in [0, 0.1) is 13.8 Å². The van der Waals surface area contributed by atoms with E-state index in [4.69, 9.17) is 5.73 Å². The van der Waals surface area contributed by atoms with Crippen LogP contribution in [0.4, 0.5) is 11.4 Å². The number of pyridine rings is 1. The van der Waals surface area contributed by atoms with Gasteiger partial charge >= 0.3 is 0 Å². The molecule has 17 heavy (non-hydrogen) atoms. The monoisotopic (exact) mass is 227 g/mol. The summed E-state index contributed by atoms with van der Waals surface area (Å²) in [7, 11) is 0. The fraction of sp³-hybridized carbons (Fsp3) is 0.214. The second-order valence-electron chi connectivity index (χ2n) is 4.23. The molecule has 0 aliphatic carbocycles. The van der Waals surface area contributed by atoms with Gasteiger partial charge in [-0.25, -0.2) is 0 Å². The van der Waals surface area contributed by atoms with E-state index in [0.29, 0.717) is 0 Å². The molecule has 2 rings (SSSR count). The van der Waals surface area contributed by atoms with Gasteiger partial charge < -0.3 is 11.1 Å². The third kappa shape index (κ3) is 2.75. The smallest absolute Gasteiger partial charge is 0.0418 e. The van der Waals surface area contributed by atoms with E-state index in [0.717, 1.165) is 17.9 Å². The molecule has 3 nitrogen and oxygen atoms in total. The van der Waals surface area contributed by atoms with Crippen molar-refractivity contribution in [2.24, 2.45) is 0 Å². The highest BCUT2D eigenvalue weighted by atomic mass is 14.9. The molecule has 0 saturated carbocycles.